The molecule has 1 aliphatic heterocycles. The molecule has 28 heavy (non-hydrogen) atoms. The first-order valence-electron chi connectivity index (χ1n) is 8.24. The highest BCUT2D eigenvalue weighted by atomic mass is 32.2. The maximum atomic E-state index is 12.4. The largest absolute Gasteiger partial charge is 0.478 e. The lowest BCUT2D eigenvalue weighted by Gasteiger charge is -2.10. The number of carboxylic acid groups (broad SMARTS) is 1. The van der Waals surface area contributed by atoms with Gasteiger partial charge in [0.1, 0.15) is 18.1 Å². The van der Waals surface area contributed by atoms with Gasteiger partial charge in [0.05, 0.1) is 17.1 Å². The van der Waals surface area contributed by atoms with E-state index in [9.17, 15) is 24.3 Å². The number of carbonyl (C=O) groups is 4. The molecule has 0 spiro atoms. The van der Waals surface area contributed by atoms with Crippen molar-refractivity contribution in [3.8, 4) is 11.3 Å². The molecule has 0 saturated carbocycles. The zero-order chi connectivity index (χ0) is 20.3. The quantitative estimate of drug-likeness (QED) is 0.580. The van der Waals surface area contributed by atoms with E-state index in [2.05, 4.69) is 0 Å². The van der Waals surface area contributed by atoms with Crippen molar-refractivity contribution in [2.45, 2.75) is 6.92 Å². The van der Waals surface area contributed by atoms with E-state index < -0.39 is 29.6 Å². The van der Waals surface area contributed by atoms with E-state index in [0.29, 0.717) is 23.1 Å². The second kappa shape index (κ2) is 8.13. The van der Waals surface area contributed by atoms with Crippen molar-refractivity contribution in [3.05, 3.63) is 52.6 Å². The molecular weight excluding hydrogens is 386 g/mol. The summed E-state index contributed by atoms with van der Waals surface area (Å²) in [7, 11) is 0. The van der Waals surface area contributed by atoms with E-state index >= 15 is 0 Å². The molecule has 0 unspecified atom stereocenters. The van der Waals surface area contributed by atoms with Crippen molar-refractivity contribution in [3.63, 3.8) is 0 Å². The van der Waals surface area contributed by atoms with Gasteiger partial charge < -0.3 is 14.3 Å². The van der Waals surface area contributed by atoms with Gasteiger partial charge in [-0.25, -0.2) is 4.79 Å². The zero-order valence-corrected chi connectivity index (χ0v) is 15.5. The van der Waals surface area contributed by atoms with E-state index in [0.717, 1.165) is 4.90 Å². The molecule has 0 aliphatic carbocycles. The second-order valence-electron chi connectivity index (χ2n) is 5.63. The molecular formula is C19H15NO7S. The molecule has 1 N–H and O–H groups in total. The summed E-state index contributed by atoms with van der Waals surface area (Å²) < 4.78 is 10.4. The van der Waals surface area contributed by atoms with Crippen molar-refractivity contribution in [2.24, 2.45) is 0 Å². The molecule has 144 valence electrons. The number of nitrogens with zero attached hydrogens (tertiary/aromatic N) is 1. The van der Waals surface area contributed by atoms with Gasteiger partial charge in [0, 0.05) is 11.6 Å². The van der Waals surface area contributed by atoms with Crippen molar-refractivity contribution >= 4 is 40.9 Å². The number of carboxylic acids is 1. The highest BCUT2D eigenvalue weighted by Crippen LogP contribution is 2.33. The minimum Gasteiger partial charge on any atom is -0.478 e. The van der Waals surface area contributed by atoms with E-state index in [1.807, 2.05) is 0 Å². The van der Waals surface area contributed by atoms with Gasteiger partial charge >= 0.3 is 11.9 Å². The number of aromatic carboxylic acids is 1. The van der Waals surface area contributed by atoms with E-state index in [-0.39, 0.29) is 22.8 Å². The van der Waals surface area contributed by atoms with Gasteiger partial charge in [0.2, 0.25) is 0 Å². The number of hydrogen-bond donors (Lipinski definition) is 1. The fraction of sp³-hybridized carbons (Fsp3) is 0.158. The number of imide groups is 1. The molecule has 2 heterocycles. The van der Waals surface area contributed by atoms with Gasteiger partial charge in [0.15, 0.2) is 0 Å². The van der Waals surface area contributed by atoms with Crippen LogP contribution in [0, 0.1) is 0 Å². The number of furan rings is 1. The monoisotopic (exact) mass is 401 g/mol. The Bertz CT molecular complexity index is 992. The topological polar surface area (TPSA) is 114 Å². The highest BCUT2D eigenvalue weighted by molar-refractivity contribution is 8.18. The first-order valence-corrected chi connectivity index (χ1v) is 9.06. The maximum Gasteiger partial charge on any atom is 0.336 e. The van der Waals surface area contributed by atoms with Gasteiger partial charge in [-0.05, 0) is 36.9 Å². The number of rotatable bonds is 6. The summed E-state index contributed by atoms with van der Waals surface area (Å²) in [6, 6.07) is 9.50. The van der Waals surface area contributed by atoms with Gasteiger partial charge in [-0.2, -0.15) is 0 Å². The lowest BCUT2D eigenvalue weighted by molar-refractivity contribution is -0.145. The second-order valence-corrected chi connectivity index (χ2v) is 6.62. The fourth-order valence-corrected chi connectivity index (χ4v) is 3.38. The molecule has 0 bridgehead atoms. The molecule has 8 nitrogen and oxygen atoms in total. The Kier molecular flexibility index (Phi) is 5.65. The molecule has 1 aromatic heterocycles. The Morgan fingerprint density at radius 3 is 2.68 bits per heavy atom. The molecule has 9 heteroatoms. The fourth-order valence-electron chi connectivity index (χ4n) is 2.56. The summed E-state index contributed by atoms with van der Waals surface area (Å²) in [6.45, 7) is 1.33. The van der Waals surface area contributed by atoms with Crippen molar-refractivity contribution < 1.29 is 33.4 Å². The third-order valence-corrected chi connectivity index (χ3v) is 4.70. The van der Waals surface area contributed by atoms with Gasteiger partial charge in [-0.15, -0.1) is 0 Å². The minimum absolute atomic E-state index is 0.0816. The van der Waals surface area contributed by atoms with Crippen molar-refractivity contribution in [2.75, 3.05) is 13.2 Å². The lowest BCUT2D eigenvalue weighted by atomic mass is 10.1. The van der Waals surface area contributed by atoms with E-state index in [4.69, 9.17) is 9.15 Å². The molecule has 0 atom stereocenters. The van der Waals surface area contributed by atoms with Crippen LogP contribution >= 0.6 is 11.8 Å². The van der Waals surface area contributed by atoms with E-state index in [1.165, 1.54) is 12.1 Å². The molecule has 3 rings (SSSR count). The number of amides is 2. The first kappa shape index (κ1) is 19.4. The number of benzene rings is 1. The first-order chi connectivity index (χ1) is 13.4. The number of carbonyl (C=O) groups excluding carboxylic acids is 3. The number of thioether (sulfide) groups is 1. The molecule has 2 aromatic rings. The van der Waals surface area contributed by atoms with Crippen molar-refractivity contribution in [1.29, 1.82) is 0 Å². The molecule has 1 aliphatic rings. The predicted octanol–water partition coefficient (Wildman–Crippen LogP) is 3.24. The van der Waals surface area contributed by atoms with Crippen LogP contribution in [0.15, 0.2) is 45.7 Å². The zero-order valence-electron chi connectivity index (χ0n) is 14.7. The predicted molar refractivity (Wildman–Crippen MR) is 100 cm³/mol. The highest BCUT2D eigenvalue weighted by Gasteiger charge is 2.36. The summed E-state index contributed by atoms with van der Waals surface area (Å²) in [4.78, 5) is 48.2. The summed E-state index contributed by atoms with van der Waals surface area (Å²) in [6.07, 6.45) is 1.38. The van der Waals surface area contributed by atoms with Crippen LogP contribution in [-0.2, 0) is 14.3 Å². The van der Waals surface area contributed by atoms with E-state index in [1.54, 1.807) is 37.3 Å². The SMILES string of the molecule is CCOC(=O)CN1C(=O)S/C(=C\c2ccc(-c3ccccc3C(=O)O)o2)C1=O. The van der Waals surface area contributed by atoms with Crippen molar-refractivity contribution in [1.82, 2.24) is 4.90 Å². The minimum atomic E-state index is -1.09. The molecule has 1 fully saturated rings. The van der Waals surface area contributed by atoms with Gasteiger partial charge in [-0.3, -0.25) is 19.3 Å². The molecule has 1 saturated heterocycles. The summed E-state index contributed by atoms with van der Waals surface area (Å²) in [5.74, 6) is -1.79. The van der Waals surface area contributed by atoms with Crippen LogP contribution in [-0.4, -0.2) is 46.2 Å². The number of hydrogen-bond acceptors (Lipinski definition) is 7. The van der Waals surface area contributed by atoms with Crippen LogP contribution < -0.4 is 0 Å². The average Bonchev–Trinajstić information content (AvgIpc) is 3.22. The van der Waals surface area contributed by atoms with Crippen LogP contribution in [0.3, 0.4) is 0 Å². The Labute approximate surface area is 163 Å². The molecule has 2 amide bonds. The maximum absolute atomic E-state index is 12.4. The summed E-state index contributed by atoms with van der Waals surface area (Å²) in [5.41, 5.74) is 0.475. The summed E-state index contributed by atoms with van der Waals surface area (Å²) >= 11 is 0.686. The van der Waals surface area contributed by atoms with Crippen LogP contribution in [0.2, 0.25) is 0 Å². The Balaban J connectivity index is 1.82. The third-order valence-electron chi connectivity index (χ3n) is 3.79. The smallest absolute Gasteiger partial charge is 0.336 e. The number of ether oxygens (including phenoxy) is 1. The normalized spacial score (nSPS) is 15.3. The van der Waals surface area contributed by atoms with Crippen LogP contribution in [0.5, 0.6) is 0 Å². The van der Waals surface area contributed by atoms with Gasteiger partial charge in [0.25, 0.3) is 11.1 Å². The average molecular weight is 401 g/mol. The molecule has 1 aromatic carbocycles. The Morgan fingerprint density at radius 2 is 1.96 bits per heavy atom. The molecule has 0 radical (unpaired) electrons. The standard InChI is InChI=1S/C19H15NO7S/c1-2-26-16(21)10-20-17(22)15(28-19(20)25)9-11-7-8-14(27-11)12-5-3-4-6-13(12)18(23)24/h3-9H,2,10H2,1H3,(H,23,24)/b15-9-. The van der Waals surface area contributed by atoms with Crippen LogP contribution in [0.1, 0.15) is 23.0 Å². The van der Waals surface area contributed by atoms with Crippen LogP contribution in [0.25, 0.3) is 17.4 Å². The summed E-state index contributed by atoms with van der Waals surface area (Å²) in [5, 5.41) is 8.71. The van der Waals surface area contributed by atoms with Crippen LogP contribution in [0.4, 0.5) is 4.79 Å². The van der Waals surface area contributed by atoms with Gasteiger partial charge in [-0.1, -0.05) is 18.2 Å². The Morgan fingerprint density at radius 1 is 1.21 bits per heavy atom. The number of esters is 1. The lowest BCUT2D eigenvalue weighted by Crippen LogP contribution is -2.34. The third kappa shape index (κ3) is 3.99. The Hall–Kier alpha value is -3.33.